The minimum atomic E-state index is -0.559. The summed E-state index contributed by atoms with van der Waals surface area (Å²) in [5.41, 5.74) is 4.28. The second-order valence-corrected chi connectivity index (χ2v) is 7.21. The summed E-state index contributed by atoms with van der Waals surface area (Å²) in [4.78, 5) is 24.0. The Bertz CT molecular complexity index is 1060. The molecule has 28 heavy (non-hydrogen) atoms. The van der Waals surface area contributed by atoms with Crippen LogP contribution in [0.15, 0.2) is 48.5 Å². The van der Waals surface area contributed by atoms with Crippen molar-refractivity contribution in [1.29, 1.82) is 0 Å². The standard InChI is InChI=1S/C23H22FN3O/c1-14-15(2)25-22(21(28)19-10-6-7-11-20(19)24)26-23(14)27-13-12-17-8-4-5-9-18(17)16(27)3/h4-11,16H,12-13H2,1-3H3. The molecule has 0 fully saturated rings. The van der Waals surface area contributed by atoms with Crippen LogP contribution in [0.25, 0.3) is 0 Å². The van der Waals surface area contributed by atoms with Crippen molar-refractivity contribution in [2.75, 3.05) is 11.4 Å². The number of hydrogen-bond donors (Lipinski definition) is 0. The van der Waals surface area contributed by atoms with Gasteiger partial charge in [-0.15, -0.1) is 0 Å². The van der Waals surface area contributed by atoms with Crippen molar-refractivity contribution < 1.29 is 9.18 Å². The highest BCUT2D eigenvalue weighted by atomic mass is 19.1. The number of halogens is 1. The molecule has 0 amide bonds. The van der Waals surface area contributed by atoms with Crippen LogP contribution in [-0.4, -0.2) is 22.3 Å². The average Bonchev–Trinajstić information content (AvgIpc) is 2.71. The summed E-state index contributed by atoms with van der Waals surface area (Å²) >= 11 is 0. The van der Waals surface area contributed by atoms with E-state index < -0.39 is 11.6 Å². The lowest BCUT2D eigenvalue weighted by atomic mass is 9.93. The molecule has 2 aromatic carbocycles. The number of benzene rings is 2. The van der Waals surface area contributed by atoms with Gasteiger partial charge in [0.2, 0.25) is 11.6 Å². The Kier molecular flexibility index (Phi) is 4.67. The van der Waals surface area contributed by atoms with E-state index in [1.165, 1.54) is 23.3 Å². The molecule has 0 saturated carbocycles. The van der Waals surface area contributed by atoms with Crippen LogP contribution >= 0.6 is 0 Å². The smallest absolute Gasteiger partial charge is 0.233 e. The van der Waals surface area contributed by atoms with Crippen LogP contribution in [0.1, 0.15) is 51.5 Å². The largest absolute Gasteiger partial charge is 0.349 e. The number of aromatic nitrogens is 2. The zero-order valence-electron chi connectivity index (χ0n) is 16.2. The normalized spacial score (nSPS) is 16.0. The van der Waals surface area contributed by atoms with Crippen molar-refractivity contribution in [3.63, 3.8) is 0 Å². The van der Waals surface area contributed by atoms with Crippen LogP contribution in [0, 0.1) is 19.7 Å². The molecule has 1 atom stereocenters. The number of fused-ring (bicyclic) bond motifs is 1. The van der Waals surface area contributed by atoms with E-state index in [9.17, 15) is 9.18 Å². The molecule has 0 saturated heterocycles. The molecular weight excluding hydrogens is 353 g/mol. The molecule has 1 unspecified atom stereocenters. The fourth-order valence-electron chi connectivity index (χ4n) is 3.82. The number of carbonyl (C=O) groups excluding carboxylic acids is 1. The van der Waals surface area contributed by atoms with E-state index >= 15 is 0 Å². The van der Waals surface area contributed by atoms with Crippen molar-refractivity contribution in [3.8, 4) is 0 Å². The van der Waals surface area contributed by atoms with Gasteiger partial charge in [-0.3, -0.25) is 4.79 Å². The third kappa shape index (κ3) is 3.07. The van der Waals surface area contributed by atoms with Gasteiger partial charge in [0.05, 0.1) is 11.6 Å². The Morgan fingerprint density at radius 1 is 1.07 bits per heavy atom. The summed E-state index contributed by atoms with van der Waals surface area (Å²) in [6, 6.07) is 14.5. The number of ketones is 1. The van der Waals surface area contributed by atoms with Gasteiger partial charge in [-0.25, -0.2) is 14.4 Å². The zero-order chi connectivity index (χ0) is 19.8. The van der Waals surface area contributed by atoms with Gasteiger partial charge in [0.25, 0.3) is 0 Å². The highest BCUT2D eigenvalue weighted by molar-refractivity contribution is 6.06. The molecule has 1 aliphatic rings. The average molecular weight is 375 g/mol. The number of aryl methyl sites for hydroxylation is 1. The lowest BCUT2D eigenvalue weighted by molar-refractivity contribution is 0.102. The van der Waals surface area contributed by atoms with Crippen LogP contribution < -0.4 is 4.90 Å². The Morgan fingerprint density at radius 3 is 2.57 bits per heavy atom. The van der Waals surface area contributed by atoms with Crippen molar-refractivity contribution in [2.45, 2.75) is 33.2 Å². The number of carbonyl (C=O) groups is 1. The van der Waals surface area contributed by atoms with Gasteiger partial charge in [0.1, 0.15) is 11.6 Å². The van der Waals surface area contributed by atoms with E-state index in [1.54, 1.807) is 12.1 Å². The van der Waals surface area contributed by atoms with Gasteiger partial charge >= 0.3 is 0 Å². The van der Waals surface area contributed by atoms with Crippen LogP contribution in [0.3, 0.4) is 0 Å². The number of anilines is 1. The Labute approximate surface area is 164 Å². The maximum absolute atomic E-state index is 14.1. The summed E-state index contributed by atoms with van der Waals surface area (Å²) in [5, 5.41) is 0. The SMILES string of the molecule is Cc1nc(C(=O)c2ccccc2F)nc(N2CCc3ccccc3C2C)c1C. The minimum Gasteiger partial charge on any atom is -0.349 e. The third-order valence-corrected chi connectivity index (χ3v) is 5.55. The molecule has 0 spiro atoms. The van der Waals surface area contributed by atoms with E-state index in [0.29, 0.717) is 0 Å². The second kappa shape index (κ2) is 7.15. The molecule has 4 rings (SSSR count). The number of rotatable bonds is 3. The topological polar surface area (TPSA) is 46.1 Å². The van der Waals surface area contributed by atoms with E-state index in [1.807, 2.05) is 19.9 Å². The zero-order valence-corrected chi connectivity index (χ0v) is 16.2. The molecule has 0 N–H and O–H groups in total. The van der Waals surface area contributed by atoms with Crippen LogP contribution in [0.4, 0.5) is 10.2 Å². The minimum absolute atomic E-state index is 0.00580. The second-order valence-electron chi connectivity index (χ2n) is 7.21. The van der Waals surface area contributed by atoms with Crippen molar-refractivity contribution in [2.24, 2.45) is 0 Å². The molecule has 0 aliphatic carbocycles. The number of nitrogens with zero attached hydrogens (tertiary/aromatic N) is 3. The van der Waals surface area contributed by atoms with Gasteiger partial charge in [-0.2, -0.15) is 0 Å². The molecule has 1 aromatic heterocycles. The Morgan fingerprint density at radius 2 is 1.79 bits per heavy atom. The highest BCUT2D eigenvalue weighted by Gasteiger charge is 2.28. The van der Waals surface area contributed by atoms with Crippen molar-refractivity contribution >= 4 is 11.6 Å². The van der Waals surface area contributed by atoms with Gasteiger partial charge in [-0.05, 0) is 50.5 Å². The first-order valence-electron chi connectivity index (χ1n) is 9.46. The molecule has 142 valence electrons. The molecule has 2 heterocycles. The lowest BCUT2D eigenvalue weighted by Crippen LogP contribution is -2.35. The van der Waals surface area contributed by atoms with Gasteiger partial charge in [-0.1, -0.05) is 36.4 Å². The predicted molar refractivity (Wildman–Crippen MR) is 107 cm³/mol. The molecule has 4 nitrogen and oxygen atoms in total. The van der Waals surface area contributed by atoms with E-state index in [0.717, 1.165) is 30.0 Å². The first kappa shape index (κ1) is 18.3. The summed E-state index contributed by atoms with van der Waals surface area (Å²) < 4.78 is 14.1. The van der Waals surface area contributed by atoms with E-state index in [4.69, 9.17) is 0 Å². The van der Waals surface area contributed by atoms with Crippen LogP contribution in [0.5, 0.6) is 0 Å². The molecule has 3 aromatic rings. The summed E-state index contributed by atoms with van der Waals surface area (Å²) in [7, 11) is 0. The molecule has 5 heteroatoms. The molecule has 0 bridgehead atoms. The van der Waals surface area contributed by atoms with Crippen LogP contribution in [0.2, 0.25) is 0 Å². The fraction of sp³-hybridized carbons (Fsp3) is 0.261. The molecule has 1 aliphatic heterocycles. The first-order chi connectivity index (χ1) is 13.5. The van der Waals surface area contributed by atoms with Crippen LogP contribution in [-0.2, 0) is 6.42 Å². The van der Waals surface area contributed by atoms with Gasteiger partial charge in [0.15, 0.2) is 0 Å². The first-order valence-corrected chi connectivity index (χ1v) is 9.46. The lowest BCUT2D eigenvalue weighted by Gasteiger charge is -2.37. The van der Waals surface area contributed by atoms with E-state index in [-0.39, 0.29) is 17.4 Å². The fourth-order valence-corrected chi connectivity index (χ4v) is 3.82. The number of hydrogen-bond acceptors (Lipinski definition) is 4. The van der Waals surface area contributed by atoms with E-state index in [2.05, 4.69) is 40.0 Å². The maximum Gasteiger partial charge on any atom is 0.233 e. The van der Waals surface area contributed by atoms with Gasteiger partial charge < -0.3 is 4.90 Å². The summed E-state index contributed by atoms with van der Waals surface area (Å²) in [6.45, 7) is 6.78. The Hall–Kier alpha value is -3.08. The molecule has 0 radical (unpaired) electrons. The van der Waals surface area contributed by atoms with Crippen molar-refractivity contribution in [3.05, 3.63) is 88.1 Å². The summed E-state index contributed by atoms with van der Waals surface area (Å²) in [5.74, 6) is -0.271. The van der Waals surface area contributed by atoms with Gasteiger partial charge in [0, 0.05) is 17.8 Å². The molecular formula is C23H22FN3O. The quantitative estimate of drug-likeness (QED) is 0.628. The maximum atomic E-state index is 14.1. The highest BCUT2D eigenvalue weighted by Crippen LogP contribution is 2.34. The predicted octanol–water partition coefficient (Wildman–Crippen LogP) is 4.59. The monoisotopic (exact) mass is 375 g/mol. The Balaban J connectivity index is 1.77. The summed E-state index contributed by atoms with van der Waals surface area (Å²) in [6.07, 6.45) is 0.916. The van der Waals surface area contributed by atoms with Crippen molar-refractivity contribution in [1.82, 2.24) is 9.97 Å². The third-order valence-electron chi connectivity index (χ3n) is 5.55.